The van der Waals surface area contributed by atoms with E-state index in [1.54, 1.807) is 0 Å². The molecule has 1 aromatic rings. The van der Waals surface area contributed by atoms with E-state index in [-0.39, 0.29) is 5.78 Å². The molecule has 0 amide bonds. The van der Waals surface area contributed by atoms with E-state index in [1.165, 1.54) is 6.92 Å². The van der Waals surface area contributed by atoms with Crippen molar-refractivity contribution >= 4 is 5.78 Å². The molecule has 0 aliphatic carbocycles. The van der Waals surface area contributed by atoms with Crippen LogP contribution in [0.15, 0.2) is 6.07 Å². The number of carbonyl (C=O) groups excluding carboxylic acids is 1. The Morgan fingerprint density at radius 3 is 3.21 bits per heavy atom. The predicted molar refractivity (Wildman–Crippen MR) is 51.2 cm³/mol. The van der Waals surface area contributed by atoms with Crippen molar-refractivity contribution in [2.45, 2.75) is 19.8 Å². The SMILES string of the molecule is CC(=O)c1cc(CC2CCOC2)[nH]n1. The maximum Gasteiger partial charge on any atom is 0.179 e. The van der Waals surface area contributed by atoms with Gasteiger partial charge in [0.25, 0.3) is 0 Å². The van der Waals surface area contributed by atoms with Crippen LogP contribution >= 0.6 is 0 Å². The molecule has 1 unspecified atom stereocenters. The molecule has 0 aromatic carbocycles. The topological polar surface area (TPSA) is 55.0 Å². The van der Waals surface area contributed by atoms with E-state index >= 15 is 0 Å². The zero-order valence-electron chi connectivity index (χ0n) is 8.25. The monoisotopic (exact) mass is 194 g/mol. The van der Waals surface area contributed by atoms with E-state index in [0.29, 0.717) is 11.6 Å². The average molecular weight is 194 g/mol. The summed E-state index contributed by atoms with van der Waals surface area (Å²) in [6, 6.07) is 1.83. The molecule has 1 aromatic heterocycles. The van der Waals surface area contributed by atoms with Crippen molar-refractivity contribution in [1.29, 1.82) is 0 Å². The smallest absolute Gasteiger partial charge is 0.179 e. The third kappa shape index (κ3) is 2.01. The quantitative estimate of drug-likeness (QED) is 0.735. The fourth-order valence-corrected chi connectivity index (χ4v) is 1.70. The fraction of sp³-hybridized carbons (Fsp3) is 0.600. The Labute approximate surface area is 82.7 Å². The van der Waals surface area contributed by atoms with Crippen LogP contribution in [-0.4, -0.2) is 29.2 Å². The maximum absolute atomic E-state index is 11.0. The number of aromatic amines is 1. The summed E-state index contributed by atoms with van der Waals surface area (Å²) in [7, 11) is 0. The summed E-state index contributed by atoms with van der Waals surface area (Å²) in [6.45, 7) is 3.21. The van der Waals surface area contributed by atoms with Gasteiger partial charge in [-0.1, -0.05) is 0 Å². The second kappa shape index (κ2) is 3.92. The molecule has 1 atom stereocenters. The van der Waals surface area contributed by atoms with Crippen LogP contribution in [0.1, 0.15) is 29.5 Å². The highest BCUT2D eigenvalue weighted by molar-refractivity contribution is 5.92. The number of ether oxygens (including phenoxy) is 1. The van der Waals surface area contributed by atoms with Crippen LogP contribution in [0.3, 0.4) is 0 Å². The third-order valence-electron chi connectivity index (χ3n) is 2.52. The molecule has 0 saturated carbocycles. The van der Waals surface area contributed by atoms with Crippen molar-refractivity contribution in [3.63, 3.8) is 0 Å². The number of nitrogens with one attached hydrogen (secondary N) is 1. The van der Waals surface area contributed by atoms with Crippen LogP contribution in [0.4, 0.5) is 0 Å². The number of carbonyl (C=O) groups is 1. The molecular weight excluding hydrogens is 180 g/mol. The van der Waals surface area contributed by atoms with Crippen LogP contribution in [-0.2, 0) is 11.2 Å². The van der Waals surface area contributed by atoms with Crippen LogP contribution in [0, 0.1) is 5.92 Å². The largest absolute Gasteiger partial charge is 0.381 e. The lowest BCUT2D eigenvalue weighted by Gasteiger charge is -2.03. The molecular formula is C10H14N2O2. The molecule has 1 saturated heterocycles. The van der Waals surface area contributed by atoms with Gasteiger partial charge in [-0.25, -0.2) is 0 Å². The first-order valence-electron chi connectivity index (χ1n) is 4.88. The molecule has 1 aliphatic rings. The van der Waals surface area contributed by atoms with Gasteiger partial charge < -0.3 is 4.74 Å². The molecule has 76 valence electrons. The Hall–Kier alpha value is -1.16. The molecule has 2 rings (SSSR count). The summed E-state index contributed by atoms with van der Waals surface area (Å²) in [5.74, 6) is 0.588. The molecule has 0 radical (unpaired) electrons. The maximum atomic E-state index is 11.0. The van der Waals surface area contributed by atoms with Crippen LogP contribution in [0.5, 0.6) is 0 Å². The number of ketones is 1. The Bertz CT molecular complexity index is 327. The molecule has 2 heterocycles. The zero-order valence-corrected chi connectivity index (χ0v) is 8.25. The lowest BCUT2D eigenvalue weighted by Crippen LogP contribution is -2.03. The first kappa shape index (κ1) is 9.40. The number of nitrogens with zero attached hydrogens (tertiary/aromatic N) is 1. The summed E-state index contributed by atoms with van der Waals surface area (Å²) >= 11 is 0. The average Bonchev–Trinajstić information content (AvgIpc) is 2.75. The molecule has 4 heteroatoms. The second-order valence-corrected chi connectivity index (χ2v) is 3.77. The summed E-state index contributed by atoms with van der Waals surface area (Å²) < 4.78 is 5.28. The van der Waals surface area contributed by atoms with Gasteiger partial charge in [-0.05, 0) is 24.8 Å². The van der Waals surface area contributed by atoms with E-state index < -0.39 is 0 Å². The highest BCUT2D eigenvalue weighted by Crippen LogP contribution is 2.17. The van der Waals surface area contributed by atoms with Crippen molar-refractivity contribution in [2.24, 2.45) is 5.92 Å². The van der Waals surface area contributed by atoms with Crippen molar-refractivity contribution in [1.82, 2.24) is 10.2 Å². The lowest BCUT2D eigenvalue weighted by atomic mass is 10.0. The Kier molecular flexibility index (Phi) is 2.63. The fourth-order valence-electron chi connectivity index (χ4n) is 1.70. The van der Waals surface area contributed by atoms with E-state index in [9.17, 15) is 4.79 Å². The summed E-state index contributed by atoms with van der Waals surface area (Å²) in [5.41, 5.74) is 1.56. The minimum absolute atomic E-state index is 0.00942. The van der Waals surface area contributed by atoms with Gasteiger partial charge in [-0.3, -0.25) is 9.89 Å². The Morgan fingerprint density at radius 2 is 2.64 bits per heavy atom. The predicted octanol–water partition coefficient (Wildman–Crippen LogP) is 1.19. The van der Waals surface area contributed by atoms with Gasteiger partial charge >= 0.3 is 0 Å². The Balaban J connectivity index is 1.98. The standard InChI is InChI=1S/C10H14N2O2/c1-7(13)10-5-9(11-12-10)4-8-2-3-14-6-8/h5,8H,2-4,6H2,1H3,(H,11,12). The van der Waals surface area contributed by atoms with Crippen LogP contribution in [0.25, 0.3) is 0 Å². The number of hydrogen-bond acceptors (Lipinski definition) is 3. The summed E-state index contributed by atoms with van der Waals surface area (Å²) in [5, 5.41) is 6.83. The highest BCUT2D eigenvalue weighted by atomic mass is 16.5. The van der Waals surface area contributed by atoms with Gasteiger partial charge in [-0.15, -0.1) is 0 Å². The van der Waals surface area contributed by atoms with Gasteiger partial charge in [-0.2, -0.15) is 5.10 Å². The van der Waals surface area contributed by atoms with E-state index in [1.807, 2.05) is 6.07 Å². The van der Waals surface area contributed by atoms with E-state index in [0.717, 1.165) is 31.7 Å². The van der Waals surface area contributed by atoms with Crippen LogP contribution in [0.2, 0.25) is 0 Å². The molecule has 4 nitrogen and oxygen atoms in total. The van der Waals surface area contributed by atoms with Gasteiger partial charge in [0.15, 0.2) is 5.78 Å². The molecule has 0 spiro atoms. The van der Waals surface area contributed by atoms with Gasteiger partial charge in [0.05, 0.1) is 0 Å². The minimum atomic E-state index is 0.00942. The molecule has 14 heavy (non-hydrogen) atoms. The number of H-pyrrole nitrogens is 1. The van der Waals surface area contributed by atoms with Crippen molar-refractivity contribution < 1.29 is 9.53 Å². The normalized spacial score (nSPS) is 21.4. The van der Waals surface area contributed by atoms with Crippen LogP contribution < -0.4 is 0 Å². The Morgan fingerprint density at radius 1 is 1.79 bits per heavy atom. The van der Waals surface area contributed by atoms with Gasteiger partial charge in [0, 0.05) is 25.8 Å². The molecule has 1 N–H and O–H groups in total. The number of Topliss-reactive ketones (excluding diaryl/α,β-unsaturated/α-hetero) is 1. The summed E-state index contributed by atoms with van der Waals surface area (Å²) in [4.78, 5) is 11.0. The van der Waals surface area contributed by atoms with Gasteiger partial charge in [0.2, 0.25) is 0 Å². The molecule has 1 fully saturated rings. The van der Waals surface area contributed by atoms with Crippen molar-refractivity contribution in [3.05, 3.63) is 17.5 Å². The second-order valence-electron chi connectivity index (χ2n) is 3.77. The number of hydrogen-bond donors (Lipinski definition) is 1. The van der Waals surface area contributed by atoms with Crippen molar-refractivity contribution in [2.75, 3.05) is 13.2 Å². The number of rotatable bonds is 3. The minimum Gasteiger partial charge on any atom is -0.381 e. The van der Waals surface area contributed by atoms with Crippen molar-refractivity contribution in [3.8, 4) is 0 Å². The highest BCUT2D eigenvalue weighted by Gasteiger charge is 2.17. The molecule has 1 aliphatic heterocycles. The molecule has 0 bridgehead atoms. The first-order chi connectivity index (χ1) is 6.75. The number of aromatic nitrogens is 2. The third-order valence-corrected chi connectivity index (χ3v) is 2.52. The summed E-state index contributed by atoms with van der Waals surface area (Å²) in [6.07, 6.45) is 2.04. The van der Waals surface area contributed by atoms with E-state index in [4.69, 9.17) is 4.74 Å². The zero-order chi connectivity index (χ0) is 9.97. The van der Waals surface area contributed by atoms with Gasteiger partial charge in [0.1, 0.15) is 5.69 Å². The van der Waals surface area contributed by atoms with E-state index in [2.05, 4.69) is 10.2 Å². The lowest BCUT2D eigenvalue weighted by molar-refractivity contribution is 0.101. The first-order valence-corrected chi connectivity index (χ1v) is 4.88.